The first-order valence-corrected chi connectivity index (χ1v) is 9.44. The van der Waals surface area contributed by atoms with Gasteiger partial charge in [0.2, 0.25) is 0 Å². The molecule has 0 fully saturated rings. The molecule has 0 aliphatic rings. The highest BCUT2D eigenvalue weighted by atomic mass is 16.5. The van der Waals surface area contributed by atoms with Crippen molar-refractivity contribution < 1.29 is 4.74 Å². The highest BCUT2D eigenvalue weighted by molar-refractivity contribution is 5.68. The molecule has 3 aromatic carbocycles. The van der Waals surface area contributed by atoms with Crippen LogP contribution in [0.4, 0.5) is 11.4 Å². The molecular weight excluding hydrogens is 330 g/mol. The van der Waals surface area contributed by atoms with Crippen molar-refractivity contribution in [3.63, 3.8) is 0 Å². The summed E-state index contributed by atoms with van der Waals surface area (Å²) < 4.78 is 6.25. The van der Waals surface area contributed by atoms with Gasteiger partial charge in [0.15, 0.2) is 0 Å². The third kappa shape index (κ3) is 4.33. The van der Waals surface area contributed by atoms with E-state index in [-0.39, 0.29) is 5.41 Å². The lowest BCUT2D eigenvalue weighted by molar-refractivity contribution is 0.474. The third-order valence-corrected chi connectivity index (χ3v) is 4.93. The number of anilines is 2. The summed E-state index contributed by atoms with van der Waals surface area (Å²) in [6.45, 7) is 10.9. The lowest BCUT2D eigenvalue weighted by Gasteiger charge is -2.23. The zero-order valence-corrected chi connectivity index (χ0v) is 17.2. The molecule has 0 bridgehead atoms. The average molecular weight is 360 g/mol. The van der Waals surface area contributed by atoms with E-state index >= 15 is 0 Å². The van der Waals surface area contributed by atoms with Crippen LogP contribution >= 0.6 is 0 Å². The first kappa shape index (κ1) is 19.0. The van der Waals surface area contributed by atoms with Crippen LogP contribution in [0.2, 0.25) is 0 Å². The van der Waals surface area contributed by atoms with Gasteiger partial charge < -0.3 is 9.64 Å². The monoisotopic (exact) mass is 359 g/mol. The van der Waals surface area contributed by atoms with E-state index in [4.69, 9.17) is 4.74 Å². The lowest BCUT2D eigenvalue weighted by atomic mass is 9.87. The number of hydrogen-bond acceptors (Lipinski definition) is 2. The van der Waals surface area contributed by atoms with Crippen molar-refractivity contribution >= 4 is 11.4 Å². The third-order valence-electron chi connectivity index (χ3n) is 4.93. The topological polar surface area (TPSA) is 12.5 Å². The summed E-state index contributed by atoms with van der Waals surface area (Å²) in [6.07, 6.45) is 0. The second kappa shape index (κ2) is 7.48. The minimum absolute atomic E-state index is 0.104. The van der Waals surface area contributed by atoms with Crippen molar-refractivity contribution in [1.29, 1.82) is 0 Å². The van der Waals surface area contributed by atoms with E-state index in [0.29, 0.717) is 0 Å². The van der Waals surface area contributed by atoms with Crippen LogP contribution in [-0.4, -0.2) is 7.05 Å². The molecule has 0 unspecified atom stereocenters. The Balaban J connectivity index is 1.90. The Bertz CT molecular complexity index is 923. The van der Waals surface area contributed by atoms with E-state index in [1.54, 1.807) is 0 Å². The summed E-state index contributed by atoms with van der Waals surface area (Å²) in [6, 6.07) is 23.1. The van der Waals surface area contributed by atoms with Gasteiger partial charge in [-0.1, -0.05) is 51.1 Å². The summed E-state index contributed by atoms with van der Waals surface area (Å²) in [7, 11) is 2.10. The van der Waals surface area contributed by atoms with Gasteiger partial charge in [-0.25, -0.2) is 0 Å². The Morgan fingerprint density at radius 2 is 1.48 bits per heavy atom. The molecule has 0 aliphatic carbocycles. The molecule has 0 saturated carbocycles. The molecule has 0 amide bonds. The quantitative estimate of drug-likeness (QED) is 0.490. The van der Waals surface area contributed by atoms with E-state index in [1.807, 2.05) is 12.1 Å². The molecule has 0 atom stereocenters. The number of hydrogen-bond donors (Lipinski definition) is 0. The second-order valence-electron chi connectivity index (χ2n) is 8.18. The summed E-state index contributed by atoms with van der Waals surface area (Å²) in [5.74, 6) is 1.79. The highest BCUT2D eigenvalue weighted by Gasteiger charge is 2.15. The molecule has 0 N–H and O–H groups in total. The van der Waals surface area contributed by atoms with Crippen molar-refractivity contribution in [3.05, 3.63) is 83.4 Å². The molecule has 0 heterocycles. The van der Waals surface area contributed by atoms with Gasteiger partial charge in [0.25, 0.3) is 0 Å². The molecule has 2 heteroatoms. The SMILES string of the molecule is Cc1cc(N(C)c2ccccc2)c(C)cc1Oc1cccc(C(C)(C)C)c1. The molecule has 140 valence electrons. The van der Waals surface area contributed by atoms with Gasteiger partial charge in [-0.05, 0) is 72.4 Å². The number of aryl methyl sites for hydroxylation is 2. The zero-order valence-electron chi connectivity index (χ0n) is 17.2. The fourth-order valence-electron chi connectivity index (χ4n) is 3.19. The Hall–Kier alpha value is -2.74. The first-order chi connectivity index (χ1) is 12.8. The van der Waals surface area contributed by atoms with Crippen LogP contribution in [0.3, 0.4) is 0 Å². The van der Waals surface area contributed by atoms with Crippen LogP contribution in [0, 0.1) is 13.8 Å². The smallest absolute Gasteiger partial charge is 0.130 e. The van der Waals surface area contributed by atoms with E-state index in [9.17, 15) is 0 Å². The molecule has 0 aromatic heterocycles. The molecule has 0 saturated heterocycles. The van der Waals surface area contributed by atoms with E-state index in [2.05, 4.69) is 101 Å². The van der Waals surface area contributed by atoms with Crippen LogP contribution < -0.4 is 9.64 Å². The van der Waals surface area contributed by atoms with Crippen LogP contribution in [0.5, 0.6) is 11.5 Å². The van der Waals surface area contributed by atoms with E-state index in [0.717, 1.165) is 17.1 Å². The molecule has 3 aromatic rings. The molecule has 27 heavy (non-hydrogen) atoms. The Morgan fingerprint density at radius 1 is 0.778 bits per heavy atom. The number of rotatable bonds is 4. The van der Waals surface area contributed by atoms with E-state index < -0.39 is 0 Å². The Kier molecular flexibility index (Phi) is 5.27. The summed E-state index contributed by atoms with van der Waals surface area (Å²) in [4.78, 5) is 2.21. The lowest BCUT2D eigenvalue weighted by Crippen LogP contribution is -2.11. The van der Waals surface area contributed by atoms with Crippen LogP contribution in [-0.2, 0) is 5.41 Å². The van der Waals surface area contributed by atoms with Gasteiger partial charge in [0, 0.05) is 18.4 Å². The summed E-state index contributed by atoms with van der Waals surface area (Å²) in [5.41, 5.74) is 6.05. The molecule has 0 radical (unpaired) electrons. The molecule has 3 rings (SSSR count). The maximum absolute atomic E-state index is 6.25. The van der Waals surface area contributed by atoms with Crippen LogP contribution in [0.15, 0.2) is 66.7 Å². The van der Waals surface area contributed by atoms with Crippen molar-refractivity contribution in [3.8, 4) is 11.5 Å². The summed E-state index contributed by atoms with van der Waals surface area (Å²) >= 11 is 0. The molecule has 0 aliphatic heterocycles. The second-order valence-corrected chi connectivity index (χ2v) is 8.18. The van der Waals surface area contributed by atoms with Crippen molar-refractivity contribution in [2.24, 2.45) is 0 Å². The highest BCUT2D eigenvalue weighted by Crippen LogP contribution is 2.35. The number of para-hydroxylation sites is 1. The normalized spacial score (nSPS) is 11.3. The predicted octanol–water partition coefficient (Wildman–Crippen LogP) is 7.16. The van der Waals surface area contributed by atoms with Gasteiger partial charge in [0.1, 0.15) is 11.5 Å². The van der Waals surface area contributed by atoms with Gasteiger partial charge >= 0.3 is 0 Å². The molecular formula is C25H29NO. The Morgan fingerprint density at radius 3 is 2.15 bits per heavy atom. The van der Waals surface area contributed by atoms with Crippen LogP contribution in [0.25, 0.3) is 0 Å². The van der Waals surface area contributed by atoms with Gasteiger partial charge in [-0.2, -0.15) is 0 Å². The fourth-order valence-corrected chi connectivity index (χ4v) is 3.19. The maximum atomic E-state index is 6.25. The van der Waals surface area contributed by atoms with Crippen molar-refractivity contribution in [2.45, 2.75) is 40.0 Å². The van der Waals surface area contributed by atoms with Crippen molar-refractivity contribution in [2.75, 3.05) is 11.9 Å². The minimum Gasteiger partial charge on any atom is -0.457 e. The average Bonchev–Trinajstić information content (AvgIpc) is 2.64. The fraction of sp³-hybridized carbons (Fsp3) is 0.280. The van der Waals surface area contributed by atoms with Gasteiger partial charge in [0.05, 0.1) is 0 Å². The maximum Gasteiger partial charge on any atom is 0.130 e. The number of nitrogens with zero attached hydrogens (tertiary/aromatic N) is 1. The minimum atomic E-state index is 0.104. The predicted molar refractivity (Wildman–Crippen MR) is 116 cm³/mol. The molecule has 2 nitrogen and oxygen atoms in total. The molecule has 0 spiro atoms. The standard InChI is InChI=1S/C25H29NO/c1-18-16-24(27-22-14-10-11-20(17-22)25(3,4)5)19(2)15-23(18)26(6)21-12-8-7-9-13-21/h7-17H,1-6H3. The van der Waals surface area contributed by atoms with Crippen molar-refractivity contribution in [1.82, 2.24) is 0 Å². The number of benzene rings is 3. The first-order valence-electron chi connectivity index (χ1n) is 9.44. The number of ether oxygens (including phenoxy) is 1. The van der Waals surface area contributed by atoms with Gasteiger partial charge in [-0.15, -0.1) is 0 Å². The van der Waals surface area contributed by atoms with E-state index in [1.165, 1.54) is 22.5 Å². The Labute approximate surface area is 163 Å². The largest absolute Gasteiger partial charge is 0.457 e. The zero-order chi connectivity index (χ0) is 19.6. The summed E-state index contributed by atoms with van der Waals surface area (Å²) in [5, 5.41) is 0. The van der Waals surface area contributed by atoms with Gasteiger partial charge in [-0.3, -0.25) is 0 Å². The van der Waals surface area contributed by atoms with Crippen LogP contribution in [0.1, 0.15) is 37.5 Å².